The molecule has 0 atom stereocenters. The molecule has 2 rings (SSSR count). The van der Waals surface area contributed by atoms with Crippen molar-refractivity contribution < 1.29 is 9.47 Å². The van der Waals surface area contributed by atoms with Crippen LogP contribution in [0.3, 0.4) is 0 Å². The summed E-state index contributed by atoms with van der Waals surface area (Å²) in [5.74, 6) is 0.883. The number of nitrogens with zero attached hydrogens (tertiary/aromatic N) is 1. The molecule has 0 unspecified atom stereocenters. The molecule has 0 amide bonds. The van der Waals surface area contributed by atoms with Crippen molar-refractivity contribution in [2.75, 3.05) is 33.4 Å². The number of nitrogens with one attached hydrogen (secondary N) is 1. The van der Waals surface area contributed by atoms with Gasteiger partial charge in [0.15, 0.2) is 0 Å². The van der Waals surface area contributed by atoms with Crippen molar-refractivity contribution in [3.63, 3.8) is 0 Å². The summed E-state index contributed by atoms with van der Waals surface area (Å²) in [4.78, 5) is 0. The molecular weight excluding hydrogens is 264 g/mol. The van der Waals surface area contributed by atoms with Crippen molar-refractivity contribution >= 4 is 11.6 Å². The molecule has 1 aromatic rings. The maximum Gasteiger partial charge on any atom is 0.127 e. The molecule has 0 spiro atoms. The molecule has 1 saturated heterocycles. The molecule has 1 heterocycles. The summed E-state index contributed by atoms with van der Waals surface area (Å²) in [6.07, 6.45) is 2.50. The first-order chi connectivity index (χ1) is 9.28. The van der Waals surface area contributed by atoms with Crippen LogP contribution in [0.15, 0.2) is 24.3 Å². The second-order valence-corrected chi connectivity index (χ2v) is 5.14. The highest BCUT2D eigenvalue weighted by atomic mass is 35.5. The van der Waals surface area contributed by atoms with E-state index in [9.17, 15) is 0 Å². The monoisotopic (exact) mass is 284 g/mol. The third-order valence-corrected chi connectivity index (χ3v) is 3.33. The highest BCUT2D eigenvalue weighted by Gasteiger charge is 2.27. The van der Waals surface area contributed by atoms with Gasteiger partial charge in [-0.25, -0.2) is 5.01 Å². The number of unbranched alkanes of at least 4 members (excludes halogenated alkanes) is 1. The lowest BCUT2D eigenvalue weighted by molar-refractivity contribution is -0.0161. The van der Waals surface area contributed by atoms with Crippen LogP contribution in [0.25, 0.3) is 0 Å². The maximum absolute atomic E-state index is 5.83. The van der Waals surface area contributed by atoms with Gasteiger partial charge in [-0.1, -0.05) is 11.6 Å². The summed E-state index contributed by atoms with van der Waals surface area (Å²) in [7, 11) is 1.74. The summed E-state index contributed by atoms with van der Waals surface area (Å²) in [6.45, 7) is 3.68. The summed E-state index contributed by atoms with van der Waals surface area (Å²) in [6, 6.07) is 7.51. The molecular formula is C14H21ClN2O2. The Bertz CT molecular complexity index is 366. The standard InChI is InChI=1S/C14H21ClN2O2/c1-18-9-3-2-8-16-17-10-14(11-17)19-13-6-4-12(15)5-7-13/h4-7,14,16H,2-3,8-11H2,1H3. The first kappa shape index (κ1) is 14.6. The van der Waals surface area contributed by atoms with Crippen molar-refractivity contribution in [2.45, 2.75) is 18.9 Å². The Labute approximate surface area is 119 Å². The zero-order valence-corrected chi connectivity index (χ0v) is 12.0. The van der Waals surface area contributed by atoms with Crippen LogP contribution >= 0.6 is 11.6 Å². The van der Waals surface area contributed by atoms with E-state index in [4.69, 9.17) is 21.1 Å². The van der Waals surface area contributed by atoms with E-state index in [2.05, 4.69) is 10.4 Å². The Morgan fingerprint density at radius 2 is 2.00 bits per heavy atom. The van der Waals surface area contributed by atoms with Crippen LogP contribution in [0.5, 0.6) is 5.75 Å². The Morgan fingerprint density at radius 1 is 1.26 bits per heavy atom. The van der Waals surface area contributed by atoms with Gasteiger partial charge < -0.3 is 9.47 Å². The molecule has 19 heavy (non-hydrogen) atoms. The van der Waals surface area contributed by atoms with E-state index in [1.807, 2.05) is 24.3 Å². The van der Waals surface area contributed by atoms with Crippen LogP contribution in [0.4, 0.5) is 0 Å². The number of halogens is 1. The summed E-state index contributed by atoms with van der Waals surface area (Å²) >= 11 is 5.83. The highest BCUT2D eigenvalue weighted by molar-refractivity contribution is 6.30. The number of hydrazine groups is 1. The minimum Gasteiger partial charge on any atom is -0.488 e. The third-order valence-electron chi connectivity index (χ3n) is 3.08. The van der Waals surface area contributed by atoms with Gasteiger partial charge in [0.2, 0.25) is 0 Å². The lowest BCUT2D eigenvalue weighted by Gasteiger charge is -2.39. The van der Waals surface area contributed by atoms with Gasteiger partial charge in [-0.15, -0.1) is 0 Å². The Kier molecular flexibility index (Phi) is 5.92. The molecule has 5 heteroatoms. The van der Waals surface area contributed by atoms with Crippen LogP contribution in [0, 0.1) is 0 Å². The SMILES string of the molecule is COCCCCNN1CC(Oc2ccc(Cl)cc2)C1. The topological polar surface area (TPSA) is 33.7 Å². The van der Waals surface area contributed by atoms with Gasteiger partial charge in [0.1, 0.15) is 11.9 Å². The highest BCUT2D eigenvalue weighted by Crippen LogP contribution is 2.19. The Hall–Kier alpha value is -0.810. The fraction of sp³-hybridized carbons (Fsp3) is 0.571. The minimum absolute atomic E-state index is 0.271. The number of hydrogen-bond acceptors (Lipinski definition) is 4. The van der Waals surface area contributed by atoms with Crippen LogP contribution in [0.1, 0.15) is 12.8 Å². The maximum atomic E-state index is 5.83. The van der Waals surface area contributed by atoms with Crippen molar-refractivity contribution in [2.24, 2.45) is 0 Å². The van der Waals surface area contributed by atoms with Crippen LogP contribution in [-0.2, 0) is 4.74 Å². The average Bonchev–Trinajstić information content (AvgIpc) is 2.37. The van der Waals surface area contributed by atoms with Crippen molar-refractivity contribution in [1.29, 1.82) is 0 Å². The van der Waals surface area contributed by atoms with Gasteiger partial charge in [0.05, 0.1) is 13.1 Å². The van der Waals surface area contributed by atoms with E-state index in [0.717, 1.165) is 49.9 Å². The third kappa shape index (κ3) is 4.99. The van der Waals surface area contributed by atoms with E-state index < -0.39 is 0 Å². The fourth-order valence-electron chi connectivity index (χ4n) is 1.96. The van der Waals surface area contributed by atoms with Gasteiger partial charge >= 0.3 is 0 Å². The van der Waals surface area contributed by atoms with Crippen molar-refractivity contribution in [3.05, 3.63) is 29.3 Å². The number of rotatable bonds is 8. The number of methoxy groups -OCH3 is 1. The number of benzene rings is 1. The molecule has 1 fully saturated rings. The number of hydrogen-bond donors (Lipinski definition) is 1. The molecule has 4 nitrogen and oxygen atoms in total. The first-order valence-corrected chi connectivity index (χ1v) is 7.05. The first-order valence-electron chi connectivity index (χ1n) is 6.67. The second-order valence-electron chi connectivity index (χ2n) is 4.71. The van der Waals surface area contributed by atoms with Gasteiger partial charge in [-0.05, 0) is 37.1 Å². The van der Waals surface area contributed by atoms with Crippen molar-refractivity contribution in [3.8, 4) is 5.75 Å². The van der Waals surface area contributed by atoms with Crippen LogP contribution < -0.4 is 10.2 Å². The van der Waals surface area contributed by atoms with Gasteiger partial charge in [0.25, 0.3) is 0 Å². The summed E-state index contributed by atoms with van der Waals surface area (Å²) in [5, 5.41) is 2.92. The van der Waals surface area contributed by atoms with Crippen molar-refractivity contribution in [1.82, 2.24) is 10.4 Å². The summed E-state index contributed by atoms with van der Waals surface area (Å²) < 4.78 is 10.8. The molecule has 0 radical (unpaired) electrons. The van der Waals surface area contributed by atoms with Gasteiger partial charge in [-0.3, -0.25) is 5.43 Å². The fourth-order valence-corrected chi connectivity index (χ4v) is 2.08. The van der Waals surface area contributed by atoms with E-state index in [1.165, 1.54) is 0 Å². The molecule has 0 aliphatic carbocycles. The van der Waals surface area contributed by atoms with E-state index in [1.54, 1.807) is 7.11 Å². The molecule has 0 saturated carbocycles. The smallest absolute Gasteiger partial charge is 0.127 e. The van der Waals surface area contributed by atoms with E-state index in [0.29, 0.717) is 0 Å². The molecule has 0 bridgehead atoms. The van der Waals surface area contributed by atoms with Crippen LogP contribution in [0.2, 0.25) is 5.02 Å². The van der Waals surface area contributed by atoms with Gasteiger partial charge in [-0.2, -0.15) is 0 Å². The average molecular weight is 285 g/mol. The van der Waals surface area contributed by atoms with Gasteiger partial charge in [0, 0.05) is 25.3 Å². The Morgan fingerprint density at radius 3 is 2.68 bits per heavy atom. The molecule has 1 aromatic carbocycles. The lowest BCUT2D eigenvalue weighted by atomic mass is 10.2. The van der Waals surface area contributed by atoms with E-state index in [-0.39, 0.29) is 6.10 Å². The predicted octanol–water partition coefficient (Wildman–Crippen LogP) is 2.33. The zero-order valence-electron chi connectivity index (χ0n) is 11.3. The predicted molar refractivity (Wildman–Crippen MR) is 76.6 cm³/mol. The minimum atomic E-state index is 0.271. The van der Waals surface area contributed by atoms with Crippen LogP contribution in [-0.4, -0.2) is 44.5 Å². The largest absolute Gasteiger partial charge is 0.488 e. The lowest BCUT2D eigenvalue weighted by Crippen LogP contribution is -2.59. The molecule has 1 N–H and O–H groups in total. The zero-order chi connectivity index (χ0) is 13.5. The quantitative estimate of drug-likeness (QED) is 0.743. The normalized spacial score (nSPS) is 16.3. The molecule has 0 aromatic heterocycles. The Balaban J connectivity index is 1.55. The van der Waals surface area contributed by atoms with E-state index >= 15 is 0 Å². The molecule has 1 aliphatic heterocycles. The molecule has 1 aliphatic rings. The number of ether oxygens (including phenoxy) is 2. The summed E-state index contributed by atoms with van der Waals surface area (Å²) in [5.41, 5.74) is 3.38. The second kappa shape index (κ2) is 7.70. The molecule has 106 valence electrons.